The molecule has 0 radical (unpaired) electrons. The number of hydrogen-bond acceptors (Lipinski definition) is 2. The molecule has 4 nitrogen and oxygen atoms in total. The zero-order valence-electron chi connectivity index (χ0n) is 15.2. The molecule has 1 saturated carbocycles. The van der Waals surface area contributed by atoms with E-state index in [1.165, 1.54) is 37.7 Å². The third-order valence-electron chi connectivity index (χ3n) is 5.89. The topological polar surface area (TPSA) is 49.4 Å². The minimum Gasteiger partial charge on any atom is -0.349 e. The highest BCUT2D eigenvalue weighted by Gasteiger charge is 2.31. The minimum absolute atomic E-state index is 0.0328. The van der Waals surface area contributed by atoms with E-state index >= 15 is 0 Å². The summed E-state index contributed by atoms with van der Waals surface area (Å²) in [6.45, 7) is 3.01. The van der Waals surface area contributed by atoms with Crippen LogP contribution >= 0.6 is 0 Å². The first-order valence-electron chi connectivity index (χ1n) is 9.76. The minimum atomic E-state index is 0.0328. The Hall–Kier alpha value is -1.84. The number of piperidine rings is 1. The molecule has 0 bridgehead atoms. The van der Waals surface area contributed by atoms with Crippen LogP contribution in [-0.4, -0.2) is 29.8 Å². The van der Waals surface area contributed by atoms with Crippen LogP contribution in [-0.2, 0) is 9.59 Å². The van der Waals surface area contributed by atoms with Gasteiger partial charge in [-0.15, -0.1) is 0 Å². The molecule has 1 aromatic carbocycles. The maximum Gasteiger partial charge on any atom is 0.223 e. The molecule has 1 aliphatic heterocycles. The van der Waals surface area contributed by atoms with Crippen molar-refractivity contribution in [1.29, 1.82) is 0 Å². The second-order valence-electron chi connectivity index (χ2n) is 7.58. The Bertz CT molecular complexity index is 573. The van der Waals surface area contributed by atoms with Crippen LogP contribution in [0.2, 0.25) is 0 Å². The van der Waals surface area contributed by atoms with Crippen LogP contribution in [0.25, 0.3) is 0 Å². The van der Waals surface area contributed by atoms with E-state index in [0.717, 1.165) is 12.8 Å². The Labute approximate surface area is 151 Å². The number of nitrogens with zero attached hydrogens (tertiary/aromatic N) is 1. The lowest BCUT2D eigenvalue weighted by molar-refractivity contribution is -0.134. The zero-order chi connectivity index (χ0) is 17.6. The third kappa shape index (κ3) is 4.62. The lowest BCUT2D eigenvalue weighted by Crippen LogP contribution is -2.44. The predicted octanol–water partition coefficient (Wildman–Crippen LogP) is 3.68. The molecule has 0 spiro atoms. The number of nitrogens with one attached hydrogen (secondary N) is 1. The van der Waals surface area contributed by atoms with Crippen molar-refractivity contribution in [1.82, 2.24) is 10.2 Å². The van der Waals surface area contributed by atoms with Gasteiger partial charge in [0.25, 0.3) is 0 Å². The first kappa shape index (κ1) is 18.0. The summed E-state index contributed by atoms with van der Waals surface area (Å²) in [6, 6.07) is 10.5. The van der Waals surface area contributed by atoms with E-state index in [2.05, 4.69) is 29.6 Å². The summed E-state index contributed by atoms with van der Waals surface area (Å²) in [6.07, 6.45) is 7.79. The Balaban J connectivity index is 1.65. The summed E-state index contributed by atoms with van der Waals surface area (Å²) in [5.74, 6) is 0.855. The van der Waals surface area contributed by atoms with E-state index in [1.54, 1.807) is 6.92 Å². The summed E-state index contributed by atoms with van der Waals surface area (Å²) in [4.78, 5) is 26.2. The van der Waals surface area contributed by atoms with E-state index in [0.29, 0.717) is 19.0 Å². The molecular weight excluding hydrogens is 312 g/mol. The molecule has 1 heterocycles. The standard InChI is InChI=1S/C21H30N2O2/c1-16(24)23-14-12-19(13-15-23)21(25)22-20(17-8-4-2-5-9-17)18-10-6-3-7-11-18/h2,4-5,8-9,18-20H,3,6-7,10-15H2,1H3,(H,22,25)/t20-/m1/s1. The summed E-state index contributed by atoms with van der Waals surface area (Å²) < 4.78 is 0. The van der Waals surface area contributed by atoms with E-state index in [-0.39, 0.29) is 23.8 Å². The van der Waals surface area contributed by atoms with Crippen LogP contribution in [0.5, 0.6) is 0 Å². The van der Waals surface area contributed by atoms with Crippen LogP contribution in [0.3, 0.4) is 0 Å². The van der Waals surface area contributed by atoms with Gasteiger partial charge in [-0.25, -0.2) is 0 Å². The van der Waals surface area contributed by atoms with Crippen LogP contribution in [0.1, 0.15) is 63.5 Å². The lowest BCUT2D eigenvalue weighted by atomic mass is 9.80. The molecule has 1 aliphatic carbocycles. The van der Waals surface area contributed by atoms with Gasteiger partial charge in [0.2, 0.25) is 11.8 Å². The van der Waals surface area contributed by atoms with Crippen molar-refractivity contribution >= 4 is 11.8 Å². The SMILES string of the molecule is CC(=O)N1CCC(C(=O)N[C@H](c2ccccc2)C2CCCCC2)CC1. The smallest absolute Gasteiger partial charge is 0.223 e. The Morgan fingerprint density at radius 2 is 1.64 bits per heavy atom. The van der Waals surface area contributed by atoms with Gasteiger partial charge >= 0.3 is 0 Å². The van der Waals surface area contributed by atoms with Gasteiger partial charge in [0, 0.05) is 25.9 Å². The van der Waals surface area contributed by atoms with E-state index in [1.807, 2.05) is 11.0 Å². The molecule has 0 unspecified atom stereocenters. The molecule has 0 aromatic heterocycles. The fraction of sp³-hybridized carbons (Fsp3) is 0.619. The van der Waals surface area contributed by atoms with E-state index < -0.39 is 0 Å². The van der Waals surface area contributed by atoms with Crippen molar-refractivity contribution in [2.24, 2.45) is 11.8 Å². The first-order valence-corrected chi connectivity index (χ1v) is 9.76. The largest absolute Gasteiger partial charge is 0.349 e. The summed E-state index contributed by atoms with van der Waals surface area (Å²) in [5.41, 5.74) is 1.23. The number of carbonyl (C=O) groups excluding carboxylic acids is 2. The number of amides is 2. The van der Waals surface area contributed by atoms with E-state index in [9.17, 15) is 9.59 Å². The van der Waals surface area contributed by atoms with Gasteiger partial charge < -0.3 is 10.2 Å². The van der Waals surface area contributed by atoms with Crippen LogP contribution in [0.4, 0.5) is 0 Å². The Morgan fingerprint density at radius 3 is 2.24 bits per heavy atom. The average Bonchev–Trinajstić information content (AvgIpc) is 2.67. The highest BCUT2D eigenvalue weighted by Crippen LogP contribution is 2.35. The molecule has 1 N–H and O–H groups in total. The normalized spacial score (nSPS) is 20.9. The van der Waals surface area contributed by atoms with Crippen molar-refractivity contribution in [3.8, 4) is 0 Å². The average molecular weight is 342 g/mol. The van der Waals surface area contributed by atoms with Crippen LogP contribution in [0.15, 0.2) is 30.3 Å². The van der Waals surface area contributed by atoms with E-state index in [4.69, 9.17) is 0 Å². The predicted molar refractivity (Wildman–Crippen MR) is 98.9 cm³/mol. The summed E-state index contributed by atoms with van der Waals surface area (Å²) in [7, 11) is 0. The molecule has 25 heavy (non-hydrogen) atoms. The molecule has 1 saturated heterocycles. The molecule has 4 heteroatoms. The van der Waals surface area contributed by atoms with Gasteiger partial charge in [0.05, 0.1) is 6.04 Å². The Morgan fingerprint density at radius 1 is 1.00 bits per heavy atom. The fourth-order valence-electron chi connectivity index (χ4n) is 4.33. The molecule has 1 aromatic rings. The van der Waals surface area contributed by atoms with Gasteiger partial charge in [-0.05, 0) is 37.2 Å². The lowest BCUT2D eigenvalue weighted by Gasteiger charge is -2.35. The summed E-state index contributed by atoms with van der Waals surface area (Å²) in [5, 5.41) is 3.37. The molecule has 2 fully saturated rings. The highest BCUT2D eigenvalue weighted by atomic mass is 16.2. The highest BCUT2D eigenvalue weighted by molar-refractivity contribution is 5.80. The second-order valence-corrected chi connectivity index (χ2v) is 7.58. The zero-order valence-corrected chi connectivity index (χ0v) is 15.2. The number of carbonyl (C=O) groups is 2. The van der Waals surface area contributed by atoms with Crippen molar-refractivity contribution in [2.75, 3.05) is 13.1 Å². The Kier molecular flexibility index (Phi) is 6.11. The molecule has 1 atom stereocenters. The molecular formula is C21H30N2O2. The first-order chi connectivity index (χ1) is 12.1. The van der Waals surface area contributed by atoms with Gasteiger partial charge in [-0.2, -0.15) is 0 Å². The quantitative estimate of drug-likeness (QED) is 0.907. The fourth-order valence-corrected chi connectivity index (χ4v) is 4.33. The van der Waals surface area contributed by atoms with Crippen molar-refractivity contribution in [3.05, 3.63) is 35.9 Å². The molecule has 2 amide bonds. The maximum absolute atomic E-state index is 12.9. The molecule has 3 rings (SSSR count). The number of likely N-dealkylation sites (tertiary alicyclic amines) is 1. The number of benzene rings is 1. The van der Waals surface area contributed by atoms with Gasteiger partial charge in [0.1, 0.15) is 0 Å². The summed E-state index contributed by atoms with van der Waals surface area (Å²) >= 11 is 0. The maximum atomic E-state index is 12.9. The van der Waals surface area contributed by atoms with Crippen molar-refractivity contribution in [3.63, 3.8) is 0 Å². The van der Waals surface area contributed by atoms with Gasteiger partial charge in [-0.3, -0.25) is 9.59 Å². The van der Waals surface area contributed by atoms with Gasteiger partial charge in [0.15, 0.2) is 0 Å². The number of hydrogen-bond donors (Lipinski definition) is 1. The second kappa shape index (κ2) is 8.50. The van der Waals surface area contributed by atoms with Crippen LogP contribution < -0.4 is 5.32 Å². The number of rotatable bonds is 4. The molecule has 136 valence electrons. The van der Waals surface area contributed by atoms with Gasteiger partial charge in [-0.1, -0.05) is 49.6 Å². The monoisotopic (exact) mass is 342 g/mol. The van der Waals surface area contributed by atoms with Crippen molar-refractivity contribution in [2.45, 2.75) is 57.9 Å². The van der Waals surface area contributed by atoms with Crippen LogP contribution in [0, 0.1) is 11.8 Å². The third-order valence-corrected chi connectivity index (χ3v) is 5.89. The van der Waals surface area contributed by atoms with Crippen molar-refractivity contribution < 1.29 is 9.59 Å². The molecule has 2 aliphatic rings.